The van der Waals surface area contributed by atoms with Crippen LogP contribution in [0.1, 0.15) is 38.5 Å². The molecule has 0 aromatic carbocycles. The first-order chi connectivity index (χ1) is 9.17. The number of aliphatic hydroxyl groups excluding tert-OH is 1. The number of rotatable bonds is 5. The molecule has 2 unspecified atom stereocenters. The van der Waals surface area contributed by atoms with Crippen LogP contribution >= 0.6 is 0 Å². The summed E-state index contributed by atoms with van der Waals surface area (Å²) >= 11 is 0. The van der Waals surface area contributed by atoms with Gasteiger partial charge in [0.2, 0.25) is 0 Å². The third-order valence-corrected chi connectivity index (χ3v) is 4.95. The summed E-state index contributed by atoms with van der Waals surface area (Å²) in [5, 5.41) is 13.6. The van der Waals surface area contributed by atoms with E-state index in [9.17, 15) is 5.11 Å². The molecule has 4 heteroatoms. The van der Waals surface area contributed by atoms with E-state index in [2.05, 4.69) is 17.3 Å². The second kappa shape index (κ2) is 7.02. The zero-order chi connectivity index (χ0) is 13.7. The lowest BCUT2D eigenvalue weighted by Crippen LogP contribution is -2.51. The molecular weight excluding hydrogens is 240 g/mol. The third kappa shape index (κ3) is 3.91. The summed E-state index contributed by atoms with van der Waals surface area (Å²) < 4.78 is 5.52. The minimum Gasteiger partial charge on any atom is -0.391 e. The highest BCUT2D eigenvalue weighted by atomic mass is 16.5. The quantitative estimate of drug-likeness (QED) is 0.789. The molecule has 2 aliphatic rings. The van der Waals surface area contributed by atoms with Crippen molar-refractivity contribution < 1.29 is 9.84 Å². The fraction of sp³-hybridized carbons (Fsp3) is 1.00. The lowest BCUT2D eigenvalue weighted by Gasteiger charge is -2.44. The Morgan fingerprint density at radius 2 is 1.95 bits per heavy atom. The molecule has 0 aromatic heterocycles. The van der Waals surface area contributed by atoms with Gasteiger partial charge in [0.05, 0.1) is 6.10 Å². The highest BCUT2D eigenvalue weighted by molar-refractivity contribution is 4.90. The molecule has 1 heterocycles. The predicted octanol–water partition coefficient (Wildman–Crippen LogP) is 1.24. The van der Waals surface area contributed by atoms with Gasteiger partial charge in [-0.3, -0.25) is 0 Å². The van der Waals surface area contributed by atoms with Gasteiger partial charge >= 0.3 is 0 Å². The number of hydrogen-bond donors (Lipinski definition) is 2. The Hall–Kier alpha value is -0.160. The first kappa shape index (κ1) is 15.2. The lowest BCUT2D eigenvalue weighted by molar-refractivity contribution is -0.0291. The van der Waals surface area contributed by atoms with E-state index in [0.29, 0.717) is 11.5 Å². The van der Waals surface area contributed by atoms with Gasteiger partial charge < -0.3 is 20.1 Å². The molecule has 2 atom stereocenters. The summed E-state index contributed by atoms with van der Waals surface area (Å²) in [6, 6.07) is 0.352. The van der Waals surface area contributed by atoms with E-state index in [4.69, 9.17) is 4.74 Å². The van der Waals surface area contributed by atoms with Crippen molar-refractivity contribution in [2.24, 2.45) is 5.41 Å². The molecule has 0 spiro atoms. The minimum absolute atomic E-state index is 0.134. The zero-order valence-corrected chi connectivity index (χ0v) is 12.5. The molecule has 2 fully saturated rings. The van der Waals surface area contributed by atoms with Crippen molar-refractivity contribution in [3.63, 3.8) is 0 Å². The van der Waals surface area contributed by atoms with Crippen LogP contribution < -0.4 is 5.32 Å². The van der Waals surface area contributed by atoms with Gasteiger partial charge in [-0.25, -0.2) is 0 Å². The van der Waals surface area contributed by atoms with Crippen molar-refractivity contribution in [2.45, 2.75) is 50.7 Å². The Labute approximate surface area is 117 Å². The van der Waals surface area contributed by atoms with Gasteiger partial charge in [0.1, 0.15) is 0 Å². The maximum Gasteiger partial charge on any atom is 0.0695 e. The van der Waals surface area contributed by atoms with Gasteiger partial charge in [0, 0.05) is 32.3 Å². The zero-order valence-electron chi connectivity index (χ0n) is 12.5. The average Bonchev–Trinajstić information content (AvgIpc) is 2.40. The van der Waals surface area contributed by atoms with Gasteiger partial charge in [-0.1, -0.05) is 12.8 Å². The SMILES string of the molecule is CNCC1(CN(C)C2CCCCC2O)CCOCC1. The van der Waals surface area contributed by atoms with Crippen LogP contribution in [0, 0.1) is 5.41 Å². The Balaban J connectivity index is 1.95. The highest BCUT2D eigenvalue weighted by Crippen LogP contribution is 2.33. The number of aliphatic hydroxyl groups is 1. The molecule has 1 aliphatic heterocycles. The Morgan fingerprint density at radius 1 is 1.26 bits per heavy atom. The van der Waals surface area contributed by atoms with E-state index in [-0.39, 0.29) is 6.10 Å². The lowest BCUT2D eigenvalue weighted by atomic mass is 9.78. The van der Waals surface area contributed by atoms with Crippen LogP contribution in [0.25, 0.3) is 0 Å². The molecule has 2 rings (SSSR count). The summed E-state index contributed by atoms with van der Waals surface area (Å²) in [4.78, 5) is 2.41. The Bertz CT molecular complexity index is 261. The Kier molecular flexibility index (Phi) is 5.63. The number of nitrogens with one attached hydrogen (secondary N) is 1. The fourth-order valence-electron chi connectivity index (χ4n) is 3.82. The number of likely N-dealkylation sites (N-methyl/N-ethyl adjacent to an activating group) is 1. The van der Waals surface area contributed by atoms with E-state index in [0.717, 1.165) is 52.0 Å². The van der Waals surface area contributed by atoms with E-state index in [1.54, 1.807) is 0 Å². The molecule has 1 aliphatic carbocycles. The summed E-state index contributed by atoms with van der Waals surface area (Å²) in [5.41, 5.74) is 0.318. The van der Waals surface area contributed by atoms with Gasteiger partial charge in [-0.2, -0.15) is 0 Å². The van der Waals surface area contributed by atoms with Crippen molar-refractivity contribution in [1.82, 2.24) is 10.2 Å². The molecule has 1 saturated heterocycles. The standard InChI is InChI=1S/C15H30N2O2/c1-16-11-15(7-9-19-10-8-15)12-17(2)13-5-3-4-6-14(13)18/h13-14,16,18H,3-12H2,1-2H3. The minimum atomic E-state index is -0.134. The first-order valence-electron chi connectivity index (χ1n) is 7.77. The van der Waals surface area contributed by atoms with Gasteiger partial charge in [0.25, 0.3) is 0 Å². The maximum atomic E-state index is 10.2. The Morgan fingerprint density at radius 3 is 2.58 bits per heavy atom. The maximum absolute atomic E-state index is 10.2. The van der Waals surface area contributed by atoms with Crippen LogP contribution in [0.4, 0.5) is 0 Å². The largest absolute Gasteiger partial charge is 0.391 e. The first-order valence-corrected chi connectivity index (χ1v) is 7.77. The summed E-state index contributed by atoms with van der Waals surface area (Å²) in [6.07, 6.45) is 6.67. The van der Waals surface area contributed by atoms with Crippen molar-refractivity contribution in [3.05, 3.63) is 0 Å². The number of hydrogen-bond acceptors (Lipinski definition) is 4. The number of nitrogens with zero attached hydrogens (tertiary/aromatic N) is 1. The summed E-state index contributed by atoms with van der Waals surface area (Å²) in [6.45, 7) is 3.87. The van der Waals surface area contributed by atoms with E-state index < -0.39 is 0 Å². The number of ether oxygens (including phenoxy) is 1. The average molecular weight is 270 g/mol. The van der Waals surface area contributed by atoms with Crippen LogP contribution in [0.3, 0.4) is 0 Å². The van der Waals surface area contributed by atoms with Crippen molar-refractivity contribution in [1.29, 1.82) is 0 Å². The van der Waals surface area contributed by atoms with Crippen LogP contribution in [-0.2, 0) is 4.74 Å². The predicted molar refractivity (Wildman–Crippen MR) is 77.3 cm³/mol. The molecule has 0 radical (unpaired) electrons. The molecule has 1 saturated carbocycles. The van der Waals surface area contributed by atoms with Crippen molar-refractivity contribution >= 4 is 0 Å². The van der Waals surface area contributed by atoms with Crippen LogP contribution in [-0.4, -0.2) is 62.6 Å². The van der Waals surface area contributed by atoms with Crippen LogP contribution in [0.2, 0.25) is 0 Å². The summed E-state index contributed by atoms with van der Waals surface area (Å²) in [7, 11) is 4.22. The van der Waals surface area contributed by atoms with E-state index >= 15 is 0 Å². The van der Waals surface area contributed by atoms with E-state index in [1.807, 2.05) is 7.05 Å². The van der Waals surface area contributed by atoms with Crippen LogP contribution in [0.5, 0.6) is 0 Å². The second-order valence-corrected chi connectivity index (χ2v) is 6.48. The molecule has 4 nitrogen and oxygen atoms in total. The molecule has 0 amide bonds. The van der Waals surface area contributed by atoms with Crippen LogP contribution in [0.15, 0.2) is 0 Å². The summed E-state index contributed by atoms with van der Waals surface area (Å²) in [5.74, 6) is 0. The fourth-order valence-corrected chi connectivity index (χ4v) is 3.82. The normalized spacial score (nSPS) is 31.6. The van der Waals surface area contributed by atoms with Gasteiger partial charge in [-0.05, 0) is 45.2 Å². The molecule has 112 valence electrons. The highest BCUT2D eigenvalue weighted by Gasteiger charge is 2.36. The molecular formula is C15H30N2O2. The molecule has 19 heavy (non-hydrogen) atoms. The van der Waals surface area contributed by atoms with Crippen molar-refractivity contribution in [2.75, 3.05) is 40.4 Å². The van der Waals surface area contributed by atoms with Gasteiger partial charge in [-0.15, -0.1) is 0 Å². The van der Waals surface area contributed by atoms with Gasteiger partial charge in [0.15, 0.2) is 0 Å². The van der Waals surface area contributed by atoms with E-state index in [1.165, 1.54) is 12.8 Å². The monoisotopic (exact) mass is 270 g/mol. The molecule has 0 aromatic rings. The smallest absolute Gasteiger partial charge is 0.0695 e. The topological polar surface area (TPSA) is 44.7 Å². The third-order valence-electron chi connectivity index (χ3n) is 4.95. The molecule has 2 N–H and O–H groups in total. The second-order valence-electron chi connectivity index (χ2n) is 6.48. The molecule has 0 bridgehead atoms. The van der Waals surface area contributed by atoms with Crippen molar-refractivity contribution in [3.8, 4) is 0 Å².